The van der Waals surface area contributed by atoms with Crippen LogP contribution >= 0.6 is 11.3 Å². The van der Waals surface area contributed by atoms with Gasteiger partial charge in [-0.05, 0) is 38.8 Å². The van der Waals surface area contributed by atoms with Gasteiger partial charge in [-0.3, -0.25) is 0 Å². The standard InChI is InChI=1S/C11H19NO3S2/c1-8-7-11(10(3)16-8)9(2)12-17(14,15)6-4-5-13/h7,9,12-13H,4-6H2,1-3H3. The Hall–Kier alpha value is -0.430. The van der Waals surface area contributed by atoms with Gasteiger partial charge in [-0.25, -0.2) is 13.1 Å². The first-order valence-electron chi connectivity index (χ1n) is 5.53. The number of rotatable bonds is 6. The van der Waals surface area contributed by atoms with E-state index in [1.54, 1.807) is 11.3 Å². The maximum Gasteiger partial charge on any atom is 0.212 e. The SMILES string of the molecule is Cc1cc(C(C)NS(=O)(=O)CCCO)c(C)s1. The smallest absolute Gasteiger partial charge is 0.212 e. The molecule has 6 heteroatoms. The van der Waals surface area contributed by atoms with Gasteiger partial charge in [0.15, 0.2) is 0 Å². The van der Waals surface area contributed by atoms with Crippen molar-refractivity contribution in [2.24, 2.45) is 0 Å². The molecule has 0 saturated carbocycles. The van der Waals surface area contributed by atoms with Crippen molar-refractivity contribution in [1.82, 2.24) is 4.72 Å². The number of sulfonamides is 1. The van der Waals surface area contributed by atoms with E-state index in [-0.39, 0.29) is 24.8 Å². The Kier molecular flexibility index (Phi) is 5.12. The molecule has 1 heterocycles. The Bertz CT molecular complexity index is 465. The molecule has 0 amide bonds. The molecule has 0 radical (unpaired) electrons. The highest BCUT2D eigenvalue weighted by atomic mass is 32.2. The molecule has 0 saturated heterocycles. The van der Waals surface area contributed by atoms with Crippen molar-refractivity contribution in [2.75, 3.05) is 12.4 Å². The lowest BCUT2D eigenvalue weighted by Gasteiger charge is -2.14. The third kappa shape index (κ3) is 4.39. The molecule has 1 unspecified atom stereocenters. The second kappa shape index (κ2) is 5.95. The van der Waals surface area contributed by atoms with Crippen LogP contribution < -0.4 is 4.72 Å². The Morgan fingerprint density at radius 3 is 2.59 bits per heavy atom. The van der Waals surface area contributed by atoms with Crippen LogP contribution in [0.2, 0.25) is 0 Å². The summed E-state index contributed by atoms with van der Waals surface area (Å²) in [6.45, 7) is 5.73. The van der Waals surface area contributed by atoms with E-state index in [4.69, 9.17) is 5.11 Å². The molecule has 4 nitrogen and oxygen atoms in total. The van der Waals surface area contributed by atoms with Gasteiger partial charge in [0.05, 0.1) is 5.75 Å². The lowest BCUT2D eigenvalue weighted by molar-refractivity contribution is 0.295. The predicted molar refractivity (Wildman–Crippen MR) is 70.8 cm³/mol. The van der Waals surface area contributed by atoms with Crippen molar-refractivity contribution < 1.29 is 13.5 Å². The van der Waals surface area contributed by atoms with Gasteiger partial charge < -0.3 is 5.11 Å². The van der Waals surface area contributed by atoms with Gasteiger partial charge in [0.1, 0.15) is 0 Å². The maximum absolute atomic E-state index is 11.7. The van der Waals surface area contributed by atoms with Crippen molar-refractivity contribution in [1.29, 1.82) is 0 Å². The highest BCUT2D eigenvalue weighted by Crippen LogP contribution is 2.26. The van der Waals surface area contributed by atoms with Gasteiger partial charge in [-0.2, -0.15) is 0 Å². The molecule has 0 aromatic carbocycles. The summed E-state index contributed by atoms with van der Waals surface area (Å²) in [7, 11) is -3.30. The van der Waals surface area contributed by atoms with Crippen molar-refractivity contribution in [3.05, 3.63) is 21.4 Å². The van der Waals surface area contributed by atoms with Crippen LogP contribution in [0.15, 0.2) is 6.07 Å². The average Bonchev–Trinajstić information content (AvgIpc) is 2.54. The molecular formula is C11H19NO3S2. The molecule has 1 atom stereocenters. The normalized spacial score (nSPS) is 13.9. The van der Waals surface area contributed by atoms with E-state index < -0.39 is 10.0 Å². The van der Waals surface area contributed by atoms with Gasteiger partial charge in [-0.15, -0.1) is 11.3 Å². The highest BCUT2D eigenvalue weighted by molar-refractivity contribution is 7.89. The fourth-order valence-corrected chi connectivity index (χ4v) is 4.04. The number of aryl methyl sites for hydroxylation is 2. The van der Waals surface area contributed by atoms with Gasteiger partial charge in [0.25, 0.3) is 0 Å². The molecule has 98 valence electrons. The van der Waals surface area contributed by atoms with E-state index in [1.165, 1.54) is 4.88 Å². The summed E-state index contributed by atoms with van der Waals surface area (Å²) in [5.41, 5.74) is 1.03. The highest BCUT2D eigenvalue weighted by Gasteiger charge is 2.17. The van der Waals surface area contributed by atoms with Crippen LogP contribution in [0.3, 0.4) is 0 Å². The number of hydrogen-bond donors (Lipinski definition) is 2. The Morgan fingerprint density at radius 1 is 1.47 bits per heavy atom. The van der Waals surface area contributed by atoms with E-state index >= 15 is 0 Å². The Morgan fingerprint density at radius 2 is 2.12 bits per heavy atom. The first kappa shape index (κ1) is 14.6. The number of hydrogen-bond acceptors (Lipinski definition) is 4. The predicted octanol–water partition coefficient (Wildman–Crippen LogP) is 1.73. The van der Waals surface area contributed by atoms with Gasteiger partial charge in [0.2, 0.25) is 10.0 Å². The third-order valence-corrected chi connectivity index (χ3v) is 4.99. The van der Waals surface area contributed by atoms with Crippen LogP contribution in [0.5, 0.6) is 0 Å². The topological polar surface area (TPSA) is 66.4 Å². The van der Waals surface area contributed by atoms with Gasteiger partial charge >= 0.3 is 0 Å². The first-order chi connectivity index (χ1) is 7.85. The third-order valence-electron chi connectivity index (χ3n) is 2.47. The molecule has 2 N–H and O–H groups in total. The summed E-state index contributed by atoms with van der Waals surface area (Å²) in [6.07, 6.45) is 0.268. The van der Waals surface area contributed by atoms with Crippen LogP contribution in [0.1, 0.15) is 34.7 Å². The van der Waals surface area contributed by atoms with Crippen LogP contribution in [0.25, 0.3) is 0 Å². The zero-order valence-corrected chi connectivity index (χ0v) is 12.0. The molecule has 0 aliphatic carbocycles. The first-order valence-corrected chi connectivity index (χ1v) is 8.00. The van der Waals surface area contributed by atoms with Crippen LogP contribution in [-0.2, 0) is 10.0 Å². The molecule has 0 spiro atoms. The molecule has 0 fully saturated rings. The number of aliphatic hydroxyl groups excluding tert-OH is 1. The second-order valence-corrected chi connectivity index (χ2v) is 7.44. The Labute approximate surface area is 107 Å². The molecular weight excluding hydrogens is 258 g/mol. The monoisotopic (exact) mass is 277 g/mol. The van der Waals surface area contributed by atoms with E-state index in [1.807, 2.05) is 26.8 Å². The zero-order chi connectivity index (χ0) is 13.1. The van der Waals surface area contributed by atoms with E-state index in [0.29, 0.717) is 0 Å². The van der Waals surface area contributed by atoms with Crippen molar-refractivity contribution >= 4 is 21.4 Å². The fraction of sp³-hybridized carbons (Fsp3) is 0.636. The maximum atomic E-state index is 11.7. The summed E-state index contributed by atoms with van der Waals surface area (Å²) < 4.78 is 26.0. The van der Waals surface area contributed by atoms with E-state index in [0.717, 1.165) is 10.4 Å². The fourth-order valence-electron chi connectivity index (χ4n) is 1.73. The van der Waals surface area contributed by atoms with Crippen LogP contribution in [0, 0.1) is 13.8 Å². The molecule has 0 aliphatic rings. The van der Waals surface area contributed by atoms with Crippen LogP contribution in [-0.4, -0.2) is 25.9 Å². The lowest BCUT2D eigenvalue weighted by atomic mass is 10.1. The van der Waals surface area contributed by atoms with E-state index in [9.17, 15) is 8.42 Å². The number of aliphatic hydroxyl groups is 1. The van der Waals surface area contributed by atoms with Crippen molar-refractivity contribution in [3.63, 3.8) is 0 Å². The van der Waals surface area contributed by atoms with Crippen molar-refractivity contribution in [3.8, 4) is 0 Å². The molecule has 0 aliphatic heterocycles. The van der Waals surface area contributed by atoms with Gasteiger partial charge in [-0.1, -0.05) is 0 Å². The minimum atomic E-state index is -3.30. The van der Waals surface area contributed by atoms with Crippen molar-refractivity contribution in [2.45, 2.75) is 33.2 Å². The average molecular weight is 277 g/mol. The molecule has 1 rings (SSSR count). The quantitative estimate of drug-likeness (QED) is 0.832. The zero-order valence-electron chi connectivity index (χ0n) is 10.4. The largest absolute Gasteiger partial charge is 0.396 e. The minimum absolute atomic E-state index is 0.0317. The lowest BCUT2D eigenvalue weighted by Crippen LogP contribution is -2.29. The summed E-state index contributed by atoms with van der Waals surface area (Å²) in [5, 5.41) is 8.64. The summed E-state index contributed by atoms with van der Waals surface area (Å²) in [4.78, 5) is 2.32. The number of thiophene rings is 1. The minimum Gasteiger partial charge on any atom is -0.396 e. The summed E-state index contributed by atoms with van der Waals surface area (Å²) >= 11 is 1.67. The number of nitrogens with one attached hydrogen (secondary N) is 1. The molecule has 0 bridgehead atoms. The molecule has 17 heavy (non-hydrogen) atoms. The summed E-state index contributed by atoms with van der Waals surface area (Å²) in [6, 6.07) is 1.79. The second-order valence-electron chi connectivity index (χ2n) is 4.10. The van der Waals surface area contributed by atoms with Crippen LogP contribution in [0.4, 0.5) is 0 Å². The Balaban J connectivity index is 2.72. The summed E-state index contributed by atoms with van der Waals surface area (Å²) in [5.74, 6) is -0.0317. The molecule has 1 aromatic heterocycles. The van der Waals surface area contributed by atoms with E-state index in [2.05, 4.69) is 4.72 Å². The molecule has 1 aromatic rings. The van der Waals surface area contributed by atoms with Gasteiger partial charge in [0, 0.05) is 22.4 Å².